The highest BCUT2D eigenvalue weighted by Crippen LogP contribution is 2.29. The van der Waals surface area contributed by atoms with Gasteiger partial charge in [-0.05, 0) is 19.3 Å². The van der Waals surface area contributed by atoms with Gasteiger partial charge in [-0.2, -0.15) is 0 Å². The van der Waals surface area contributed by atoms with E-state index in [0.29, 0.717) is 0 Å². The summed E-state index contributed by atoms with van der Waals surface area (Å²) in [6.07, 6.45) is 0.866. The van der Waals surface area contributed by atoms with Gasteiger partial charge in [0.2, 0.25) is 0 Å². The molecule has 2 heteroatoms. The summed E-state index contributed by atoms with van der Waals surface area (Å²) in [5.41, 5.74) is 1.87. The Morgan fingerprint density at radius 3 is 2.15 bits per heavy atom. The first kappa shape index (κ1) is 12.2. The Kier molecular flexibility index (Phi) is 4.18. The highest BCUT2D eigenvalue weighted by Gasteiger charge is 2.27. The van der Waals surface area contributed by atoms with Crippen LogP contribution >= 0.6 is 0 Å². The number of oxime groups is 1. The Morgan fingerprint density at radius 2 is 1.92 bits per heavy atom. The number of allylic oxidation sites excluding steroid dienone is 1. The number of hydrogen-bond donors (Lipinski definition) is 1. The van der Waals surface area contributed by atoms with Crippen LogP contribution in [0, 0.1) is 11.3 Å². The molecule has 76 valence electrons. The predicted molar refractivity (Wildman–Crippen MR) is 57.3 cm³/mol. The van der Waals surface area contributed by atoms with Gasteiger partial charge in [-0.15, -0.1) is 6.58 Å². The lowest BCUT2D eigenvalue weighted by Crippen LogP contribution is -2.29. The van der Waals surface area contributed by atoms with Gasteiger partial charge in [-0.25, -0.2) is 0 Å². The van der Waals surface area contributed by atoms with Gasteiger partial charge < -0.3 is 5.21 Å². The van der Waals surface area contributed by atoms with Gasteiger partial charge in [-0.3, -0.25) is 0 Å². The first-order valence-corrected chi connectivity index (χ1v) is 4.68. The maximum atomic E-state index is 8.90. The molecular weight excluding hydrogens is 162 g/mol. The van der Waals surface area contributed by atoms with Crippen LogP contribution in [0.4, 0.5) is 0 Å². The van der Waals surface area contributed by atoms with Gasteiger partial charge in [-0.1, -0.05) is 38.4 Å². The van der Waals surface area contributed by atoms with E-state index in [1.807, 2.05) is 20.8 Å². The third kappa shape index (κ3) is 3.62. The lowest BCUT2D eigenvalue weighted by atomic mass is 9.77. The van der Waals surface area contributed by atoms with Crippen molar-refractivity contribution in [1.29, 1.82) is 0 Å². The Hall–Kier alpha value is -0.790. The lowest BCUT2D eigenvalue weighted by Gasteiger charge is -2.28. The zero-order valence-corrected chi connectivity index (χ0v) is 9.39. The van der Waals surface area contributed by atoms with Crippen molar-refractivity contribution in [2.45, 2.75) is 41.0 Å². The average Bonchev–Trinajstić information content (AvgIpc) is 1.82. The van der Waals surface area contributed by atoms with Gasteiger partial charge in [0.05, 0.1) is 5.71 Å². The zero-order valence-electron chi connectivity index (χ0n) is 9.39. The molecule has 0 fully saturated rings. The van der Waals surface area contributed by atoms with Crippen LogP contribution in [-0.2, 0) is 0 Å². The Morgan fingerprint density at radius 1 is 1.46 bits per heavy atom. The molecule has 0 aromatic heterocycles. The van der Waals surface area contributed by atoms with Gasteiger partial charge in [0, 0.05) is 5.41 Å². The third-order valence-corrected chi connectivity index (χ3v) is 2.09. The van der Waals surface area contributed by atoms with Gasteiger partial charge in [0.1, 0.15) is 0 Å². The lowest BCUT2D eigenvalue weighted by molar-refractivity contribution is 0.303. The molecule has 0 saturated heterocycles. The van der Waals surface area contributed by atoms with Crippen molar-refractivity contribution in [3.05, 3.63) is 12.2 Å². The molecule has 0 aliphatic heterocycles. The molecule has 13 heavy (non-hydrogen) atoms. The van der Waals surface area contributed by atoms with E-state index in [4.69, 9.17) is 5.21 Å². The molecule has 0 bridgehead atoms. The summed E-state index contributed by atoms with van der Waals surface area (Å²) in [4.78, 5) is 0. The number of hydrogen-bond acceptors (Lipinski definition) is 2. The van der Waals surface area contributed by atoms with Crippen LogP contribution in [0.2, 0.25) is 0 Å². The van der Waals surface area contributed by atoms with Crippen molar-refractivity contribution in [2.75, 3.05) is 0 Å². The van der Waals surface area contributed by atoms with E-state index >= 15 is 0 Å². The van der Waals surface area contributed by atoms with Crippen molar-refractivity contribution in [1.82, 2.24) is 0 Å². The second-order valence-corrected chi connectivity index (χ2v) is 4.66. The topological polar surface area (TPSA) is 32.6 Å². The van der Waals surface area contributed by atoms with E-state index in [1.165, 1.54) is 0 Å². The molecule has 2 nitrogen and oxygen atoms in total. The first-order chi connectivity index (χ1) is 5.81. The minimum atomic E-state index is -0.0885. The minimum Gasteiger partial charge on any atom is -0.411 e. The summed E-state index contributed by atoms with van der Waals surface area (Å²) in [7, 11) is 0. The van der Waals surface area contributed by atoms with Crippen LogP contribution in [0.1, 0.15) is 41.0 Å². The van der Waals surface area contributed by atoms with Crippen molar-refractivity contribution < 1.29 is 5.21 Å². The molecule has 0 radical (unpaired) electrons. The minimum absolute atomic E-state index is 0.0885. The molecule has 1 N–H and O–H groups in total. The highest BCUT2D eigenvalue weighted by molar-refractivity contribution is 5.90. The van der Waals surface area contributed by atoms with Crippen molar-refractivity contribution >= 4 is 5.71 Å². The third-order valence-electron chi connectivity index (χ3n) is 2.09. The van der Waals surface area contributed by atoms with Gasteiger partial charge >= 0.3 is 0 Å². The summed E-state index contributed by atoms with van der Waals surface area (Å²) in [5.74, 6) is 0.277. The van der Waals surface area contributed by atoms with Gasteiger partial charge in [0.25, 0.3) is 0 Å². The molecule has 0 amide bonds. The maximum absolute atomic E-state index is 8.90. The van der Waals surface area contributed by atoms with Crippen molar-refractivity contribution in [3.8, 4) is 0 Å². The van der Waals surface area contributed by atoms with Crippen LogP contribution < -0.4 is 0 Å². The fourth-order valence-corrected chi connectivity index (χ4v) is 1.88. The summed E-state index contributed by atoms with van der Waals surface area (Å²) in [6.45, 7) is 14.1. The average molecular weight is 183 g/mol. The Balaban J connectivity index is 4.68. The van der Waals surface area contributed by atoms with Crippen LogP contribution in [0.3, 0.4) is 0 Å². The largest absolute Gasteiger partial charge is 0.411 e. The summed E-state index contributed by atoms with van der Waals surface area (Å²) in [6, 6.07) is 0. The Bertz CT molecular complexity index is 214. The second kappa shape index (κ2) is 4.45. The molecule has 0 aromatic rings. The standard InChI is InChI=1S/C11H21NO/c1-8(2)7-11(5,6)10(12-13)9(3)4/h9,13H,1,7H2,2-6H3. The molecule has 0 aliphatic rings. The number of rotatable bonds is 4. The monoisotopic (exact) mass is 183 g/mol. The van der Waals surface area contributed by atoms with Crippen molar-refractivity contribution in [2.24, 2.45) is 16.5 Å². The summed E-state index contributed by atoms with van der Waals surface area (Å²) < 4.78 is 0. The zero-order chi connectivity index (χ0) is 10.6. The molecular formula is C11H21NO. The van der Waals surface area contributed by atoms with E-state index in [-0.39, 0.29) is 11.3 Å². The SMILES string of the molecule is C=C(C)CC(C)(C)C(=NO)C(C)C. The van der Waals surface area contributed by atoms with E-state index in [9.17, 15) is 0 Å². The van der Waals surface area contributed by atoms with E-state index < -0.39 is 0 Å². The molecule has 0 atom stereocenters. The van der Waals surface area contributed by atoms with E-state index in [1.54, 1.807) is 0 Å². The molecule has 0 spiro atoms. The van der Waals surface area contributed by atoms with E-state index in [0.717, 1.165) is 17.7 Å². The summed E-state index contributed by atoms with van der Waals surface area (Å²) >= 11 is 0. The fraction of sp³-hybridized carbons (Fsp3) is 0.727. The quantitative estimate of drug-likeness (QED) is 0.308. The second-order valence-electron chi connectivity index (χ2n) is 4.66. The van der Waals surface area contributed by atoms with E-state index in [2.05, 4.69) is 25.6 Å². The molecule has 0 aliphatic carbocycles. The van der Waals surface area contributed by atoms with Crippen LogP contribution in [0.25, 0.3) is 0 Å². The molecule has 0 heterocycles. The molecule has 0 unspecified atom stereocenters. The van der Waals surface area contributed by atoms with Crippen LogP contribution in [-0.4, -0.2) is 10.9 Å². The fourth-order valence-electron chi connectivity index (χ4n) is 1.88. The predicted octanol–water partition coefficient (Wildman–Crippen LogP) is 3.47. The molecule has 0 saturated carbocycles. The number of nitrogens with zero attached hydrogens (tertiary/aromatic N) is 1. The first-order valence-electron chi connectivity index (χ1n) is 4.68. The smallest absolute Gasteiger partial charge is 0.0655 e. The normalized spacial score (nSPS) is 13.5. The highest BCUT2D eigenvalue weighted by atomic mass is 16.4. The van der Waals surface area contributed by atoms with Gasteiger partial charge in [0.15, 0.2) is 0 Å². The van der Waals surface area contributed by atoms with Crippen molar-refractivity contribution in [3.63, 3.8) is 0 Å². The molecule has 0 aromatic carbocycles. The Labute approximate surface area is 81.3 Å². The van der Waals surface area contributed by atoms with Crippen LogP contribution in [0.5, 0.6) is 0 Å². The molecule has 0 rings (SSSR count). The summed E-state index contributed by atoms with van der Waals surface area (Å²) in [5, 5.41) is 12.3. The van der Waals surface area contributed by atoms with Crippen LogP contribution in [0.15, 0.2) is 17.3 Å². The maximum Gasteiger partial charge on any atom is 0.0655 e.